The number of anilines is 2. The maximum absolute atomic E-state index is 14.7. The lowest BCUT2D eigenvalue weighted by atomic mass is 9.82. The molecule has 5 atom stereocenters. The van der Waals surface area contributed by atoms with Gasteiger partial charge in [0.2, 0.25) is 5.91 Å². The summed E-state index contributed by atoms with van der Waals surface area (Å²) in [7, 11) is -3.02. The van der Waals surface area contributed by atoms with Gasteiger partial charge in [0.25, 0.3) is 11.8 Å². The van der Waals surface area contributed by atoms with Crippen LogP contribution in [0.1, 0.15) is 37.0 Å². The minimum Gasteiger partial charge on any atom is -0.432 e. The molecule has 12 heteroatoms. The number of amides is 3. The minimum atomic E-state index is -3.02. The van der Waals surface area contributed by atoms with Crippen molar-refractivity contribution in [3.8, 4) is 0 Å². The fourth-order valence-corrected chi connectivity index (χ4v) is 10.0. The highest BCUT2D eigenvalue weighted by Gasteiger charge is 2.66. The number of halogens is 1. The molecule has 1 fully saturated rings. The van der Waals surface area contributed by atoms with E-state index in [1.54, 1.807) is 28.0 Å². The number of nitrogens with zero attached hydrogens (tertiary/aromatic N) is 2. The lowest BCUT2D eigenvalue weighted by molar-refractivity contribution is -0.150. The van der Waals surface area contributed by atoms with Crippen LogP contribution in [0.3, 0.4) is 0 Å². The molecule has 0 unspecified atom stereocenters. The van der Waals surface area contributed by atoms with Crippen LogP contribution >= 0.6 is 15.9 Å². The largest absolute Gasteiger partial charge is 0.432 e. The molecule has 2 heterocycles. The summed E-state index contributed by atoms with van der Waals surface area (Å²) in [5.41, 5.74) is 1.60. The van der Waals surface area contributed by atoms with E-state index < -0.39 is 43.5 Å². The number of carbonyl (C=O) groups is 3. The van der Waals surface area contributed by atoms with E-state index in [9.17, 15) is 29.4 Å². The number of hydrogen-bond acceptors (Lipinski definition) is 7. The first-order valence-electron chi connectivity index (χ1n) is 15.8. The molecule has 10 nitrogen and oxygen atoms in total. The van der Waals surface area contributed by atoms with Crippen LogP contribution in [-0.4, -0.2) is 71.3 Å². The molecule has 0 bridgehead atoms. The van der Waals surface area contributed by atoms with Crippen molar-refractivity contribution >= 4 is 53.3 Å². The molecule has 0 radical (unpaired) electrons. The Morgan fingerprint density at radius 1 is 1.09 bits per heavy atom. The van der Waals surface area contributed by atoms with Gasteiger partial charge in [-0.1, -0.05) is 65.3 Å². The van der Waals surface area contributed by atoms with E-state index in [4.69, 9.17) is 4.74 Å². The van der Waals surface area contributed by atoms with Crippen molar-refractivity contribution < 1.29 is 34.1 Å². The number of fused-ring (bicyclic) bond motifs is 2. The van der Waals surface area contributed by atoms with Crippen molar-refractivity contribution in [2.24, 2.45) is 5.92 Å². The van der Waals surface area contributed by atoms with Crippen molar-refractivity contribution in [2.45, 2.75) is 69.8 Å². The number of rotatable bonds is 11. The zero-order chi connectivity index (χ0) is 34.1. The molecule has 1 spiro atoms. The molecule has 2 aliphatic rings. The third-order valence-corrected chi connectivity index (χ3v) is 12.2. The van der Waals surface area contributed by atoms with Gasteiger partial charge in [-0.05, 0) is 61.5 Å². The topological polar surface area (TPSA) is 140 Å². The van der Waals surface area contributed by atoms with Crippen LogP contribution in [0, 0.1) is 5.92 Å². The van der Waals surface area contributed by atoms with E-state index in [1.807, 2.05) is 74.6 Å². The average Bonchev–Trinajstić information content (AvgIpc) is 3.43. The molecule has 47 heavy (non-hydrogen) atoms. The van der Waals surface area contributed by atoms with E-state index in [0.717, 1.165) is 15.6 Å². The van der Waals surface area contributed by atoms with Crippen molar-refractivity contribution in [3.05, 3.63) is 94.0 Å². The second-order valence-corrected chi connectivity index (χ2v) is 17.9. The monoisotopic (exact) mass is 723 g/mol. The lowest BCUT2D eigenvalue weighted by Crippen LogP contribution is -2.46. The second kappa shape index (κ2) is 14.0. The van der Waals surface area contributed by atoms with Crippen LogP contribution in [-0.2, 0) is 37.8 Å². The van der Waals surface area contributed by atoms with Crippen LogP contribution < -0.4 is 10.2 Å². The van der Waals surface area contributed by atoms with E-state index in [1.165, 1.54) is 6.92 Å². The van der Waals surface area contributed by atoms with Gasteiger partial charge in [-0.3, -0.25) is 14.4 Å². The van der Waals surface area contributed by atoms with E-state index >= 15 is 0 Å². The molecule has 3 aromatic carbocycles. The predicted octanol–water partition coefficient (Wildman–Crippen LogP) is 4.52. The van der Waals surface area contributed by atoms with Crippen molar-refractivity contribution in [2.75, 3.05) is 23.4 Å². The first-order valence-corrected chi connectivity index (χ1v) is 19.6. The van der Waals surface area contributed by atoms with Gasteiger partial charge in [0.15, 0.2) is 13.9 Å². The Labute approximate surface area is 284 Å². The maximum Gasteiger partial charge on any atom is 0.264 e. The quantitative estimate of drug-likeness (QED) is 0.213. The summed E-state index contributed by atoms with van der Waals surface area (Å²) in [5, 5.41) is 22.1. The molecule has 2 aliphatic heterocycles. The van der Waals surface area contributed by atoms with Crippen LogP contribution in [0.4, 0.5) is 11.4 Å². The van der Waals surface area contributed by atoms with Crippen molar-refractivity contribution in [1.82, 2.24) is 4.90 Å². The molecule has 1 saturated heterocycles. The van der Waals surface area contributed by atoms with E-state index in [-0.39, 0.29) is 37.9 Å². The summed E-state index contributed by atoms with van der Waals surface area (Å²) in [4.78, 5) is 55.6. The smallest absolute Gasteiger partial charge is 0.264 e. The average molecular weight is 725 g/mol. The van der Waals surface area contributed by atoms with Gasteiger partial charge in [-0.25, -0.2) is 0 Å². The summed E-state index contributed by atoms with van der Waals surface area (Å²) in [6.45, 7) is 7.38. The first-order chi connectivity index (χ1) is 22.3. The van der Waals surface area contributed by atoms with Crippen LogP contribution in [0.5, 0.6) is 0 Å². The van der Waals surface area contributed by atoms with Crippen molar-refractivity contribution in [1.29, 1.82) is 0 Å². The van der Waals surface area contributed by atoms with Crippen LogP contribution in [0.25, 0.3) is 0 Å². The number of benzene rings is 3. The minimum absolute atomic E-state index is 0.0534. The Morgan fingerprint density at radius 2 is 1.79 bits per heavy atom. The molecule has 0 saturated carbocycles. The number of ether oxygens (including phenoxy) is 1. The molecular formula is C35H42BrN3O7Si. The second-order valence-electron chi connectivity index (χ2n) is 13.0. The zero-order valence-corrected chi connectivity index (χ0v) is 29.6. The Balaban J connectivity index is 1.48. The fraction of sp³-hybridized carbons (Fsp3) is 0.400. The Kier molecular flexibility index (Phi) is 10.4. The number of carbonyl (C=O) groups excluding carboxylic acids is 3. The highest BCUT2D eigenvalue weighted by molar-refractivity contribution is 9.10. The number of nitrogens with one attached hydrogen (secondary N) is 1. The van der Waals surface area contributed by atoms with Gasteiger partial charge in [0.1, 0.15) is 6.10 Å². The Bertz CT molecular complexity index is 1630. The third kappa shape index (κ3) is 7.08. The third-order valence-electron chi connectivity index (χ3n) is 9.18. The van der Waals surface area contributed by atoms with E-state index in [0.29, 0.717) is 23.5 Å². The highest BCUT2D eigenvalue weighted by atomic mass is 79.9. The Hall–Kier alpha value is -3.39. The number of aliphatic hydroxyl groups is 2. The molecular weight excluding hydrogens is 682 g/mol. The SMILES string of the molecule is C[C@H](O)C(=O)Nc1cccc(CN2C(=O)[C@@]3(O[C@@H](CC(=O)N(CCO)Cc4ccccc4)[C@H]([Si](C)(C)O)[C@H]3C)c3cc(Br)ccc32)c1. The zero-order valence-electron chi connectivity index (χ0n) is 27.0. The molecule has 3 amide bonds. The molecule has 0 aromatic heterocycles. The van der Waals surface area contributed by atoms with Gasteiger partial charge in [-0.15, -0.1) is 0 Å². The molecule has 5 rings (SSSR count). The van der Waals surface area contributed by atoms with Gasteiger partial charge in [0.05, 0.1) is 31.4 Å². The van der Waals surface area contributed by atoms with Gasteiger partial charge in [-0.2, -0.15) is 0 Å². The summed E-state index contributed by atoms with van der Waals surface area (Å²) >= 11 is 3.57. The van der Waals surface area contributed by atoms with E-state index in [2.05, 4.69) is 21.2 Å². The van der Waals surface area contributed by atoms with Crippen molar-refractivity contribution in [3.63, 3.8) is 0 Å². The van der Waals surface area contributed by atoms with Gasteiger partial charge >= 0.3 is 0 Å². The molecule has 250 valence electrons. The summed E-state index contributed by atoms with van der Waals surface area (Å²) < 4.78 is 7.60. The predicted molar refractivity (Wildman–Crippen MR) is 185 cm³/mol. The standard InChI is InChI=1S/C35H42BrN3O7Si/c1-22-32(47(3,4)45)30(19-31(42)38(15-16-40)20-24-9-6-5-7-10-24)46-35(22)28-18-26(36)13-14-29(28)39(34(35)44)21-25-11-8-12-27(17-25)37-33(43)23(2)41/h5-14,17-18,22-23,30,32,40-41,45H,15-16,19-21H2,1-4H3,(H,37,43)/t22-,23+,30+,32-,35+/m1/s1. The highest BCUT2D eigenvalue weighted by Crippen LogP contribution is 2.60. The van der Waals surface area contributed by atoms with Crippen LogP contribution in [0.15, 0.2) is 77.3 Å². The maximum atomic E-state index is 14.7. The van der Waals surface area contributed by atoms with Crippen LogP contribution in [0.2, 0.25) is 18.6 Å². The summed E-state index contributed by atoms with van der Waals surface area (Å²) in [6, 6.07) is 22.2. The Morgan fingerprint density at radius 3 is 2.45 bits per heavy atom. The number of aliphatic hydroxyl groups excluding tert-OH is 2. The van der Waals surface area contributed by atoms with Gasteiger partial charge in [0, 0.05) is 40.3 Å². The normalized spacial score (nSPS) is 22.8. The summed E-state index contributed by atoms with van der Waals surface area (Å²) in [6.07, 6.45) is -1.97. The summed E-state index contributed by atoms with van der Waals surface area (Å²) in [5.74, 6) is -1.51. The molecule has 0 aliphatic carbocycles. The molecule has 4 N–H and O–H groups in total. The first kappa shape index (κ1) is 34.9. The van der Waals surface area contributed by atoms with Gasteiger partial charge < -0.3 is 34.9 Å². The number of hydrogen-bond donors (Lipinski definition) is 4. The fourth-order valence-electron chi connectivity index (χ4n) is 7.10. The molecule has 3 aromatic rings. The lowest BCUT2D eigenvalue weighted by Gasteiger charge is -2.32.